The Morgan fingerprint density at radius 1 is 0.686 bits per heavy atom. The number of rotatable bonds is 18. The molecule has 460 valence electrons. The van der Waals surface area contributed by atoms with E-state index in [-0.39, 0.29) is 102 Å². The Bertz CT molecular complexity index is 3680. The number of sulfonamides is 1. The van der Waals surface area contributed by atoms with Crippen LogP contribution in [-0.4, -0.2) is 164 Å². The number of ether oxygens (including phenoxy) is 4. The van der Waals surface area contributed by atoms with Crippen molar-refractivity contribution in [1.82, 2.24) is 29.3 Å². The van der Waals surface area contributed by atoms with Gasteiger partial charge in [-0.15, -0.1) is 0 Å². The van der Waals surface area contributed by atoms with Crippen LogP contribution in [0.4, 0.5) is 17.1 Å². The number of methoxy groups -OCH3 is 1. The third kappa shape index (κ3) is 14.1. The smallest absolute Gasteiger partial charge is 0.271 e. The van der Waals surface area contributed by atoms with Crippen molar-refractivity contribution >= 4 is 79.3 Å². The van der Waals surface area contributed by atoms with Gasteiger partial charge in [0.2, 0.25) is 33.2 Å². The predicted octanol–water partition coefficient (Wildman–Crippen LogP) is 6.37. The zero-order valence-corrected chi connectivity index (χ0v) is 50.2. The van der Waals surface area contributed by atoms with E-state index in [1.54, 1.807) is 70.4 Å². The molecule has 9 rings (SSSR count). The van der Waals surface area contributed by atoms with E-state index in [1.165, 1.54) is 46.8 Å². The summed E-state index contributed by atoms with van der Waals surface area (Å²) in [4.78, 5) is 77.6. The molecule has 1 saturated heterocycles. The fourth-order valence-corrected chi connectivity index (χ4v) is 10.6. The highest BCUT2D eigenvalue weighted by molar-refractivity contribution is 7.89. The molecule has 0 saturated carbocycles. The van der Waals surface area contributed by atoms with Gasteiger partial charge in [-0.1, -0.05) is 56.9 Å². The second kappa shape index (κ2) is 28.8. The molecular formula is C59H69Cl2N9O15S. The van der Waals surface area contributed by atoms with E-state index in [9.17, 15) is 52.5 Å². The topological polar surface area (TPSA) is 311 Å². The summed E-state index contributed by atoms with van der Waals surface area (Å²) >= 11 is 12.1. The van der Waals surface area contributed by atoms with Gasteiger partial charge in [0.25, 0.3) is 11.5 Å². The Morgan fingerprint density at radius 3 is 1.58 bits per heavy atom. The number of H-pyrrole nitrogens is 1. The fraction of sp³-hybridized carbons (Fsp3) is 0.288. The predicted molar refractivity (Wildman–Crippen MR) is 326 cm³/mol. The summed E-state index contributed by atoms with van der Waals surface area (Å²) in [5, 5.41) is 42.1. The molecule has 24 nitrogen and oxygen atoms in total. The SMILES string of the molecule is C.C=C1C(=O)C(NC2=CC=CN(C)C2O)=C1OC.C=C1C(=O)C(Nc2ccc(Cl)c(C(=O)N(C)C)c2O)=C1OCC.C=C1C(=O)C(Nc2ccc(Cl)c(S(=O)(=O)N3CCN(C)CC3)c2O)=C1OCC.C=C1C(=O)C(Nc2ccc[nH]c2=O)=C1OCC. The minimum absolute atomic E-state index is 0. The van der Waals surface area contributed by atoms with E-state index in [1.807, 2.05) is 18.9 Å². The van der Waals surface area contributed by atoms with Crippen molar-refractivity contribution in [2.75, 3.05) is 97.3 Å². The zero-order valence-electron chi connectivity index (χ0n) is 47.8. The zero-order chi connectivity index (χ0) is 62.9. The van der Waals surface area contributed by atoms with Gasteiger partial charge in [0.05, 0.1) is 76.3 Å². The van der Waals surface area contributed by atoms with E-state index >= 15 is 0 Å². The van der Waals surface area contributed by atoms with Crippen LogP contribution in [0.5, 0.6) is 11.5 Å². The van der Waals surface area contributed by atoms with Crippen molar-refractivity contribution in [3.63, 3.8) is 0 Å². The Labute approximate surface area is 508 Å². The summed E-state index contributed by atoms with van der Waals surface area (Å²) < 4.78 is 48.4. The highest BCUT2D eigenvalue weighted by Gasteiger charge is 2.39. The minimum atomic E-state index is -4.01. The number of piperazine rings is 1. The first-order valence-corrected chi connectivity index (χ1v) is 28.2. The lowest BCUT2D eigenvalue weighted by molar-refractivity contribution is -0.115. The lowest BCUT2D eigenvalue weighted by Gasteiger charge is -2.32. The minimum Gasteiger partial charge on any atom is -0.505 e. The molecule has 86 heavy (non-hydrogen) atoms. The maximum atomic E-state index is 13.1. The summed E-state index contributed by atoms with van der Waals surface area (Å²) in [7, 11) is 4.22. The number of allylic oxidation sites excluding steroid dienone is 10. The molecule has 8 N–H and O–H groups in total. The number of carbonyl (C=O) groups excluding carboxylic acids is 5. The number of Topliss-reactive ketones (excluding diaryl/α,β-unsaturated/α-hetero) is 4. The molecule has 1 fully saturated rings. The Morgan fingerprint density at radius 2 is 1.13 bits per heavy atom. The van der Waals surface area contributed by atoms with Crippen LogP contribution in [0.25, 0.3) is 0 Å². The number of likely N-dealkylation sites (N-methyl/N-ethyl adjacent to an activating group) is 2. The molecule has 1 unspecified atom stereocenters. The average molecular weight is 1250 g/mol. The number of aliphatic hydroxyl groups is 1. The van der Waals surface area contributed by atoms with E-state index in [0.717, 1.165) is 0 Å². The Balaban J connectivity index is 0.000000213. The molecule has 3 aromatic rings. The number of hydrogen-bond donors (Lipinski definition) is 8. The van der Waals surface area contributed by atoms with Crippen LogP contribution in [-0.2, 0) is 48.1 Å². The van der Waals surface area contributed by atoms with Gasteiger partial charge in [-0.2, -0.15) is 4.31 Å². The highest BCUT2D eigenvalue weighted by Crippen LogP contribution is 2.42. The molecule has 2 aliphatic heterocycles. The largest absolute Gasteiger partial charge is 0.505 e. The number of aromatic hydroxyl groups is 2. The van der Waals surface area contributed by atoms with Crippen LogP contribution in [0, 0.1) is 0 Å². The van der Waals surface area contributed by atoms with Crippen molar-refractivity contribution in [1.29, 1.82) is 0 Å². The Kier molecular flexibility index (Phi) is 22.8. The first-order valence-electron chi connectivity index (χ1n) is 26.0. The van der Waals surface area contributed by atoms with Crippen LogP contribution in [0.1, 0.15) is 38.6 Å². The van der Waals surface area contributed by atoms with Crippen molar-refractivity contribution < 1.29 is 66.7 Å². The molecule has 3 heterocycles. The van der Waals surface area contributed by atoms with Gasteiger partial charge in [-0.05, 0) is 76.4 Å². The molecule has 1 amide bonds. The van der Waals surface area contributed by atoms with Crippen LogP contribution >= 0.6 is 23.2 Å². The van der Waals surface area contributed by atoms with Gasteiger partial charge in [0.15, 0.2) is 40.8 Å². The third-order valence-corrected chi connectivity index (χ3v) is 15.8. The monoisotopic (exact) mass is 1250 g/mol. The third-order valence-electron chi connectivity index (χ3n) is 13.1. The number of pyridine rings is 1. The van der Waals surface area contributed by atoms with Gasteiger partial charge in [0.1, 0.15) is 38.9 Å². The maximum Gasteiger partial charge on any atom is 0.271 e. The summed E-state index contributed by atoms with van der Waals surface area (Å²) in [6, 6.07) is 8.98. The number of benzene rings is 2. The van der Waals surface area contributed by atoms with Crippen molar-refractivity contribution in [3.8, 4) is 11.5 Å². The second-order valence-corrected chi connectivity index (χ2v) is 21.7. The Hall–Kier alpha value is -8.85. The quantitative estimate of drug-likeness (QED) is 0.0507. The molecular weight excluding hydrogens is 1180 g/mol. The summed E-state index contributed by atoms with van der Waals surface area (Å²) in [5.74, 6) is -0.864. The number of phenolic OH excluding ortho intramolecular Hbond substituents is 2. The molecule has 0 bridgehead atoms. The van der Waals surface area contributed by atoms with Crippen molar-refractivity contribution in [2.24, 2.45) is 0 Å². The first-order chi connectivity index (χ1) is 40.2. The van der Waals surface area contributed by atoms with E-state index in [4.69, 9.17) is 42.1 Å². The number of halogens is 2. The normalized spacial score (nSPS) is 17.4. The number of nitrogens with one attached hydrogen (secondary N) is 5. The van der Waals surface area contributed by atoms with Gasteiger partial charge in [0, 0.05) is 59.7 Å². The number of amides is 1. The summed E-state index contributed by atoms with van der Waals surface area (Å²) in [6.07, 6.45) is 5.95. The number of aromatic nitrogens is 1. The van der Waals surface area contributed by atoms with E-state index < -0.39 is 27.9 Å². The standard InChI is InChI=1S/C18H22ClN3O5S.C16H17ClN2O4.C12H14N2O3.C12H12N2O3.CH4/c1-4-27-17-11(2)15(23)14(17)20-13-6-5-12(19)18(16(13)24)28(25,26)22-9-7-21(3)8-10-22;1-5-23-15-8(2)13(20)12(15)18-10-7-6-9(17)11(14(10)21)16(22)19(3)4;1-7-10(15)9(11(7)17-3)13-8-5-4-6-14(2)12(8)16;1-3-17-11-7(2)10(15)9(11)14-8-5-4-6-13-12(8)16;/h5-6,20,24H,2,4,7-10H2,1,3H3;6-7,18,21H,2,5H2,1,3-4H3;4-6,12-13,16H,1H2,2-3H3;4-6,14H,2-3H2,1H3,(H,13,16);1H4. The molecule has 2 aromatic carbocycles. The second-order valence-electron chi connectivity index (χ2n) is 19.0. The molecule has 4 aliphatic carbocycles. The molecule has 0 spiro atoms. The first kappa shape index (κ1) is 67.9. The number of nitrogens with zero attached hydrogens (tertiary/aromatic N) is 4. The van der Waals surface area contributed by atoms with Crippen molar-refractivity contribution in [3.05, 3.63) is 187 Å². The van der Waals surface area contributed by atoms with Gasteiger partial charge in [-0.25, -0.2) is 8.42 Å². The number of aliphatic hydroxyl groups excluding tert-OH is 1. The van der Waals surface area contributed by atoms with Crippen LogP contribution in [0.2, 0.25) is 10.0 Å². The maximum absolute atomic E-state index is 13.1. The lowest BCUT2D eigenvalue weighted by atomic mass is 9.95. The number of aromatic amines is 1. The van der Waals surface area contributed by atoms with E-state index in [0.29, 0.717) is 97.3 Å². The van der Waals surface area contributed by atoms with Gasteiger partial charge >= 0.3 is 0 Å². The van der Waals surface area contributed by atoms with Crippen molar-refractivity contribution in [2.45, 2.75) is 39.3 Å². The average Bonchev–Trinajstić information content (AvgIpc) is 1.10. The van der Waals surface area contributed by atoms with Gasteiger partial charge < -0.3 is 75.2 Å². The molecule has 0 radical (unpaired) electrons. The molecule has 27 heteroatoms. The highest BCUT2D eigenvalue weighted by atomic mass is 35.5. The summed E-state index contributed by atoms with van der Waals surface area (Å²) in [5.41, 5.74) is 2.86. The molecule has 1 atom stereocenters. The van der Waals surface area contributed by atoms with Gasteiger partial charge in [-0.3, -0.25) is 28.8 Å². The molecule has 1 aromatic heterocycles. The number of hydrogen-bond acceptors (Lipinski definition) is 21. The number of carbonyl (C=O) groups is 5. The number of ketones is 4. The number of phenols is 2. The van der Waals surface area contributed by atoms with E-state index in [2.05, 4.69) is 52.6 Å². The van der Waals surface area contributed by atoms with Crippen LogP contribution in [0.3, 0.4) is 0 Å². The lowest BCUT2D eigenvalue weighted by Crippen LogP contribution is -2.47. The summed E-state index contributed by atoms with van der Waals surface area (Å²) in [6.45, 7) is 22.7. The molecule has 6 aliphatic rings. The number of anilines is 3. The van der Waals surface area contributed by atoms with Crippen LogP contribution < -0.4 is 26.8 Å². The fourth-order valence-electron chi connectivity index (χ4n) is 8.36. The van der Waals surface area contributed by atoms with Crippen LogP contribution in [0.15, 0.2) is 171 Å².